The summed E-state index contributed by atoms with van der Waals surface area (Å²) in [6, 6.07) is 0. The largest absolute Gasteiger partial charge is 0.370 e. The fraction of sp³-hybridized carbons (Fsp3) is 0.833. The maximum absolute atomic E-state index is 12.3. The van der Waals surface area contributed by atoms with Crippen molar-refractivity contribution in [2.24, 2.45) is 17.1 Å². The van der Waals surface area contributed by atoms with E-state index in [1.165, 1.54) is 6.42 Å². The van der Waals surface area contributed by atoms with Crippen molar-refractivity contribution in [1.29, 1.82) is 0 Å². The molecule has 1 aliphatic carbocycles. The Balaban J connectivity index is 0.00000162. The van der Waals surface area contributed by atoms with E-state index in [-0.39, 0.29) is 36.1 Å². The van der Waals surface area contributed by atoms with Crippen LogP contribution in [0.5, 0.6) is 0 Å². The molecule has 1 saturated carbocycles. The molecule has 5 nitrogen and oxygen atoms in total. The normalized spacial score (nSPS) is 30.1. The van der Waals surface area contributed by atoms with Gasteiger partial charge in [0.1, 0.15) is 0 Å². The summed E-state index contributed by atoms with van der Waals surface area (Å²) in [5, 5.41) is 6.20. The van der Waals surface area contributed by atoms with Gasteiger partial charge in [-0.25, -0.2) is 0 Å². The molecule has 1 heterocycles. The van der Waals surface area contributed by atoms with Gasteiger partial charge in [-0.2, -0.15) is 0 Å². The van der Waals surface area contributed by atoms with E-state index in [0.717, 1.165) is 32.4 Å². The highest BCUT2D eigenvalue weighted by molar-refractivity contribution is 5.85. The van der Waals surface area contributed by atoms with Crippen molar-refractivity contribution in [3.8, 4) is 0 Å². The Bertz CT molecular complexity index is 324. The molecule has 0 unspecified atom stereocenters. The van der Waals surface area contributed by atoms with Crippen LogP contribution in [-0.4, -0.2) is 31.4 Å². The second-order valence-corrected chi connectivity index (χ2v) is 5.20. The van der Waals surface area contributed by atoms with Crippen molar-refractivity contribution in [2.45, 2.75) is 32.1 Å². The van der Waals surface area contributed by atoms with Gasteiger partial charge >= 0.3 is 0 Å². The minimum atomic E-state index is -0.368. The van der Waals surface area contributed by atoms with Crippen molar-refractivity contribution >= 4 is 24.2 Å². The van der Waals surface area contributed by atoms with Crippen molar-refractivity contribution in [3.63, 3.8) is 0 Å². The lowest BCUT2D eigenvalue weighted by atomic mass is 9.67. The molecule has 1 aliphatic heterocycles. The lowest BCUT2D eigenvalue weighted by Crippen LogP contribution is -2.48. The molecular formula is C12H22ClN3O2. The van der Waals surface area contributed by atoms with Crippen LogP contribution in [0.15, 0.2) is 0 Å². The number of nitrogens with one attached hydrogen (secondary N) is 2. The molecule has 6 heteroatoms. The average molecular weight is 276 g/mol. The van der Waals surface area contributed by atoms with E-state index >= 15 is 0 Å². The number of hydrogen-bond acceptors (Lipinski definition) is 3. The van der Waals surface area contributed by atoms with Gasteiger partial charge in [0.2, 0.25) is 11.8 Å². The Morgan fingerprint density at radius 3 is 2.89 bits per heavy atom. The molecule has 0 bridgehead atoms. The molecular weight excluding hydrogens is 254 g/mol. The number of halogens is 1. The third-order valence-electron chi connectivity index (χ3n) is 4.15. The Morgan fingerprint density at radius 1 is 1.39 bits per heavy atom. The molecule has 2 amide bonds. The van der Waals surface area contributed by atoms with Crippen LogP contribution < -0.4 is 16.4 Å². The number of fused-ring (bicyclic) bond motifs is 1. The predicted molar refractivity (Wildman–Crippen MR) is 71.3 cm³/mol. The van der Waals surface area contributed by atoms with Crippen LogP contribution in [0, 0.1) is 11.3 Å². The van der Waals surface area contributed by atoms with E-state index in [1.807, 2.05) is 0 Å². The van der Waals surface area contributed by atoms with Crippen LogP contribution in [0.1, 0.15) is 32.1 Å². The maximum atomic E-state index is 12.3. The lowest BCUT2D eigenvalue weighted by Gasteiger charge is -2.37. The first-order chi connectivity index (χ1) is 8.15. The van der Waals surface area contributed by atoms with Crippen LogP contribution in [0.2, 0.25) is 0 Å². The molecule has 0 radical (unpaired) electrons. The Morgan fingerprint density at radius 2 is 2.17 bits per heavy atom. The van der Waals surface area contributed by atoms with Gasteiger partial charge in [-0.3, -0.25) is 9.59 Å². The van der Waals surface area contributed by atoms with Crippen LogP contribution in [0.25, 0.3) is 0 Å². The minimum absolute atomic E-state index is 0. The number of nitrogens with two attached hydrogens (primary N) is 1. The molecule has 0 spiro atoms. The zero-order chi connectivity index (χ0) is 12.3. The summed E-state index contributed by atoms with van der Waals surface area (Å²) in [5.74, 6) is 0.200. The van der Waals surface area contributed by atoms with E-state index in [0.29, 0.717) is 12.5 Å². The van der Waals surface area contributed by atoms with Crippen molar-refractivity contribution in [3.05, 3.63) is 0 Å². The molecule has 2 rings (SSSR count). The first-order valence-corrected chi connectivity index (χ1v) is 6.42. The predicted octanol–water partition coefficient (Wildman–Crippen LogP) is 0.180. The van der Waals surface area contributed by atoms with Gasteiger partial charge in [-0.1, -0.05) is 12.8 Å². The van der Waals surface area contributed by atoms with Gasteiger partial charge in [0.25, 0.3) is 0 Å². The van der Waals surface area contributed by atoms with Crippen molar-refractivity contribution in [2.75, 3.05) is 19.6 Å². The third kappa shape index (κ3) is 2.95. The molecule has 2 atom stereocenters. The quantitative estimate of drug-likeness (QED) is 0.684. The summed E-state index contributed by atoms with van der Waals surface area (Å²) in [5.41, 5.74) is 4.83. The van der Waals surface area contributed by atoms with E-state index < -0.39 is 0 Å². The number of primary amides is 1. The van der Waals surface area contributed by atoms with Gasteiger partial charge in [0.15, 0.2) is 0 Å². The molecule has 2 fully saturated rings. The first-order valence-electron chi connectivity index (χ1n) is 6.42. The van der Waals surface area contributed by atoms with Gasteiger partial charge in [0.05, 0.1) is 5.41 Å². The highest BCUT2D eigenvalue weighted by Crippen LogP contribution is 2.43. The molecule has 104 valence electrons. The zero-order valence-corrected chi connectivity index (χ0v) is 11.4. The van der Waals surface area contributed by atoms with Gasteiger partial charge in [0, 0.05) is 19.5 Å². The molecule has 0 aromatic heterocycles. The summed E-state index contributed by atoms with van der Waals surface area (Å²) in [6.07, 6.45) is 4.67. The minimum Gasteiger partial charge on any atom is -0.370 e. The Labute approximate surface area is 114 Å². The number of carbonyl (C=O) groups excluding carboxylic acids is 2. The Hall–Kier alpha value is -0.810. The molecule has 0 aromatic rings. The molecule has 2 aliphatic rings. The average Bonchev–Trinajstić information content (AvgIpc) is 2.73. The first kappa shape index (κ1) is 15.2. The number of amides is 2. The van der Waals surface area contributed by atoms with E-state index in [4.69, 9.17) is 5.73 Å². The maximum Gasteiger partial charge on any atom is 0.227 e. The van der Waals surface area contributed by atoms with E-state index in [2.05, 4.69) is 10.6 Å². The van der Waals surface area contributed by atoms with Crippen LogP contribution in [0.3, 0.4) is 0 Å². The molecule has 4 N–H and O–H groups in total. The SMILES string of the molecule is Cl.NC(=O)CCNC(=O)[C@@]12CCCC[C@H]1CNC2. The van der Waals surface area contributed by atoms with Gasteiger partial charge < -0.3 is 16.4 Å². The number of carbonyl (C=O) groups is 2. The third-order valence-corrected chi connectivity index (χ3v) is 4.15. The Kier molecular flexibility index (Phi) is 5.41. The van der Waals surface area contributed by atoms with Crippen LogP contribution >= 0.6 is 12.4 Å². The van der Waals surface area contributed by atoms with Crippen LogP contribution in [-0.2, 0) is 9.59 Å². The summed E-state index contributed by atoms with van der Waals surface area (Å²) in [6.45, 7) is 2.09. The fourth-order valence-electron chi connectivity index (χ4n) is 3.17. The van der Waals surface area contributed by atoms with Gasteiger partial charge in [-0.15, -0.1) is 12.4 Å². The molecule has 0 aromatic carbocycles. The number of rotatable bonds is 4. The molecule has 18 heavy (non-hydrogen) atoms. The lowest BCUT2D eigenvalue weighted by molar-refractivity contribution is -0.134. The van der Waals surface area contributed by atoms with E-state index in [1.54, 1.807) is 0 Å². The highest BCUT2D eigenvalue weighted by atomic mass is 35.5. The number of hydrogen-bond donors (Lipinski definition) is 3. The summed E-state index contributed by atoms with van der Waals surface area (Å²) in [4.78, 5) is 22.9. The second-order valence-electron chi connectivity index (χ2n) is 5.20. The highest BCUT2D eigenvalue weighted by Gasteiger charge is 2.49. The van der Waals surface area contributed by atoms with Crippen LogP contribution in [0.4, 0.5) is 0 Å². The summed E-state index contributed by atoms with van der Waals surface area (Å²) < 4.78 is 0. The summed E-state index contributed by atoms with van der Waals surface area (Å²) in [7, 11) is 0. The monoisotopic (exact) mass is 275 g/mol. The fourth-order valence-corrected chi connectivity index (χ4v) is 3.17. The standard InChI is InChI=1S/C12H21N3O2.ClH/c13-10(16)4-6-15-11(17)12-5-2-1-3-9(12)7-14-8-12;/h9,14H,1-8H2,(H2,13,16)(H,15,17);1H/t9-,12+;/m0./s1. The molecule has 1 saturated heterocycles. The van der Waals surface area contributed by atoms with Crippen molar-refractivity contribution in [1.82, 2.24) is 10.6 Å². The summed E-state index contributed by atoms with van der Waals surface area (Å²) >= 11 is 0. The topological polar surface area (TPSA) is 84.2 Å². The smallest absolute Gasteiger partial charge is 0.227 e. The van der Waals surface area contributed by atoms with Gasteiger partial charge in [-0.05, 0) is 25.3 Å². The second kappa shape index (κ2) is 6.38. The zero-order valence-electron chi connectivity index (χ0n) is 10.5. The van der Waals surface area contributed by atoms with E-state index in [9.17, 15) is 9.59 Å². The van der Waals surface area contributed by atoms with Crippen molar-refractivity contribution < 1.29 is 9.59 Å².